The lowest BCUT2D eigenvalue weighted by molar-refractivity contribution is 0.617. The summed E-state index contributed by atoms with van der Waals surface area (Å²) in [5, 5.41) is 4.01. The normalized spacial score (nSPS) is 15.2. The van der Waals surface area contributed by atoms with Gasteiger partial charge < -0.3 is 5.32 Å². The van der Waals surface area contributed by atoms with Gasteiger partial charge in [0.15, 0.2) is 0 Å². The molecule has 0 spiro atoms. The number of thioether (sulfide) groups is 1. The highest BCUT2D eigenvalue weighted by atomic mass is 32.2. The van der Waals surface area contributed by atoms with Gasteiger partial charge in [0.05, 0.1) is 11.4 Å². The van der Waals surface area contributed by atoms with Gasteiger partial charge in [-0.15, -0.1) is 0 Å². The molecule has 0 saturated carbocycles. The molecule has 0 unspecified atom stereocenters. The molecule has 0 aromatic carbocycles. The Hall–Kier alpha value is -0.610. The number of nitrogens with zero attached hydrogens (tertiary/aromatic N) is 2. The van der Waals surface area contributed by atoms with E-state index in [0.29, 0.717) is 5.25 Å². The fourth-order valence-corrected chi connectivity index (χ4v) is 2.49. The first kappa shape index (κ1) is 11.9. The predicted molar refractivity (Wildman–Crippen MR) is 68.6 cm³/mol. The monoisotopic (exact) mass is 237 g/mol. The summed E-state index contributed by atoms with van der Waals surface area (Å²) in [5.41, 5.74) is 3.71. The summed E-state index contributed by atoms with van der Waals surface area (Å²) in [5.74, 6) is 1.93. The second kappa shape index (κ2) is 5.15. The Morgan fingerprint density at radius 2 is 2.19 bits per heavy atom. The van der Waals surface area contributed by atoms with Crippen molar-refractivity contribution in [3.63, 3.8) is 0 Å². The average molecular weight is 237 g/mol. The Labute approximate surface area is 101 Å². The van der Waals surface area contributed by atoms with Crippen LogP contribution in [-0.4, -0.2) is 21.8 Å². The highest BCUT2D eigenvalue weighted by Gasteiger charge is 2.14. The van der Waals surface area contributed by atoms with Crippen LogP contribution >= 0.6 is 11.8 Å². The molecule has 1 aliphatic heterocycles. The Morgan fingerprint density at radius 3 is 2.94 bits per heavy atom. The molecule has 2 rings (SSSR count). The van der Waals surface area contributed by atoms with Crippen molar-refractivity contribution in [1.29, 1.82) is 0 Å². The van der Waals surface area contributed by atoms with E-state index in [1.54, 1.807) is 0 Å². The molecule has 0 saturated heterocycles. The van der Waals surface area contributed by atoms with E-state index in [9.17, 15) is 0 Å². The number of nitrogens with one attached hydrogen (secondary N) is 1. The minimum Gasteiger partial charge on any atom is -0.312 e. The summed E-state index contributed by atoms with van der Waals surface area (Å²) in [6.45, 7) is 8.48. The molecule has 1 aromatic heterocycles. The number of hydrogen-bond acceptors (Lipinski definition) is 4. The topological polar surface area (TPSA) is 37.8 Å². The molecule has 1 aliphatic rings. The smallest absolute Gasteiger partial charge is 0.138 e. The van der Waals surface area contributed by atoms with Crippen molar-refractivity contribution in [2.45, 2.75) is 44.7 Å². The van der Waals surface area contributed by atoms with E-state index in [2.05, 4.69) is 36.1 Å². The first-order valence-corrected chi connectivity index (χ1v) is 6.89. The first-order chi connectivity index (χ1) is 7.66. The van der Waals surface area contributed by atoms with Crippen LogP contribution in [0.3, 0.4) is 0 Å². The lowest BCUT2D eigenvalue weighted by Crippen LogP contribution is -2.26. The van der Waals surface area contributed by atoms with Gasteiger partial charge in [-0.25, -0.2) is 9.97 Å². The molecule has 0 aliphatic carbocycles. The molecule has 1 N–H and O–H groups in total. The number of aromatic nitrogens is 2. The number of aryl methyl sites for hydroxylation is 1. The third-order valence-electron chi connectivity index (χ3n) is 2.73. The maximum atomic E-state index is 4.67. The number of hydrogen-bond donors (Lipinski definition) is 1. The van der Waals surface area contributed by atoms with Gasteiger partial charge in [-0.05, 0) is 12.2 Å². The van der Waals surface area contributed by atoms with E-state index in [1.165, 1.54) is 11.3 Å². The summed E-state index contributed by atoms with van der Waals surface area (Å²) >= 11 is 1.90. The van der Waals surface area contributed by atoms with Crippen molar-refractivity contribution in [1.82, 2.24) is 15.3 Å². The molecular weight excluding hydrogens is 218 g/mol. The van der Waals surface area contributed by atoms with Crippen LogP contribution in [0, 0.1) is 6.92 Å². The molecule has 1 aromatic rings. The van der Waals surface area contributed by atoms with Crippen molar-refractivity contribution < 1.29 is 0 Å². The van der Waals surface area contributed by atoms with Crippen molar-refractivity contribution in [2.24, 2.45) is 0 Å². The average Bonchev–Trinajstić information content (AvgIpc) is 2.26. The molecular formula is C12H19N3S. The first-order valence-electron chi connectivity index (χ1n) is 5.84. The van der Waals surface area contributed by atoms with Crippen molar-refractivity contribution >= 4 is 11.8 Å². The van der Waals surface area contributed by atoms with Crippen LogP contribution in [0.5, 0.6) is 0 Å². The van der Waals surface area contributed by atoms with Gasteiger partial charge in [-0.1, -0.05) is 13.8 Å². The van der Waals surface area contributed by atoms with Gasteiger partial charge in [0, 0.05) is 30.8 Å². The summed E-state index contributed by atoms with van der Waals surface area (Å²) in [6.07, 6.45) is 1.04. The molecule has 0 radical (unpaired) electrons. The van der Waals surface area contributed by atoms with Crippen LogP contribution in [0.2, 0.25) is 0 Å². The molecule has 16 heavy (non-hydrogen) atoms. The molecule has 0 fully saturated rings. The number of fused-ring (bicyclic) bond motifs is 1. The van der Waals surface area contributed by atoms with Crippen LogP contribution in [0.25, 0.3) is 0 Å². The van der Waals surface area contributed by atoms with Gasteiger partial charge in [0.1, 0.15) is 5.82 Å². The summed E-state index contributed by atoms with van der Waals surface area (Å²) in [6, 6.07) is 0. The van der Waals surface area contributed by atoms with Crippen LogP contribution in [0.1, 0.15) is 36.6 Å². The molecule has 88 valence electrons. The molecule has 2 heterocycles. The molecule has 0 amide bonds. The number of rotatable bonds is 3. The van der Waals surface area contributed by atoms with E-state index >= 15 is 0 Å². The van der Waals surface area contributed by atoms with Crippen molar-refractivity contribution in [2.75, 3.05) is 6.54 Å². The largest absolute Gasteiger partial charge is 0.312 e. The third kappa shape index (κ3) is 2.74. The van der Waals surface area contributed by atoms with E-state index in [4.69, 9.17) is 0 Å². The van der Waals surface area contributed by atoms with E-state index in [-0.39, 0.29) is 0 Å². The Morgan fingerprint density at radius 1 is 1.38 bits per heavy atom. The summed E-state index contributed by atoms with van der Waals surface area (Å²) in [4.78, 5) is 9.26. The summed E-state index contributed by atoms with van der Waals surface area (Å²) in [7, 11) is 0. The minimum absolute atomic E-state index is 0.640. The Bertz CT molecular complexity index is 377. The van der Waals surface area contributed by atoms with Crippen LogP contribution in [0.15, 0.2) is 0 Å². The van der Waals surface area contributed by atoms with E-state index in [1.807, 2.05) is 11.8 Å². The lowest BCUT2D eigenvalue weighted by Gasteiger charge is -2.18. The second-order valence-corrected chi connectivity index (χ2v) is 6.00. The standard InChI is InChI=1S/C12H19N3S/c1-8(2)16-7-12-14-9(3)10-6-13-5-4-11(10)15-12/h8,13H,4-7H2,1-3H3. The van der Waals surface area contributed by atoms with E-state index < -0.39 is 0 Å². The molecule has 0 atom stereocenters. The van der Waals surface area contributed by atoms with Crippen molar-refractivity contribution in [3.8, 4) is 0 Å². The van der Waals surface area contributed by atoms with Crippen LogP contribution in [-0.2, 0) is 18.7 Å². The molecule has 4 heteroatoms. The predicted octanol–water partition coefficient (Wildman–Crippen LogP) is 2.07. The third-order valence-corrected chi connectivity index (χ3v) is 3.82. The highest BCUT2D eigenvalue weighted by molar-refractivity contribution is 7.99. The fourth-order valence-electron chi connectivity index (χ4n) is 1.88. The zero-order valence-electron chi connectivity index (χ0n) is 10.2. The zero-order chi connectivity index (χ0) is 11.5. The molecule has 0 bridgehead atoms. The summed E-state index contributed by atoms with van der Waals surface area (Å²) < 4.78 is 0. The maximum absolute atomic E-state index is 4.67. The maximum Gasteiger partial charge on any atom is 0.138 e. The Balaban J connectivity index is 2.18. The SMILES string of the molecule is Cc1nc(CSC(C)C)nc2c1CNCC2. The van der Waals surface area contributed by atoms with Crippen molar-refractivity contribution in [3.05, 3.63) is 22.8 Å². The Kier molecular flexibility index (Phi) is 3.82. The van der Waals surface area contributed by atoms with Gasteiger partial charge in [0.25, 0.3) is 0 Å². The second-order valence-electron chi connectivity index (χ2n) is 4.44. The van der Waals surface area contributed by atoms with E-state index in [0.717, 1.165) is 36.8 Å². The van der Waals surface area contributed by atoms with Gasteiger partial charge in [0.2, 0.25) is 0 Å². The minimum atomic E-state index is 0.640. The quantitative estimate of drug-likeness (QED) is 0.873. The van der Waals surface area contributed by atoms with Gasteiger partial charge in [-0.3, -0.25) is 0 Å². The van der Waals surface area contributed by atoms with Gasteiger partial charge >= 0.3 is 0 Å². The van der Waals surface area contributed by atoms with Crippen LogP contribution < -0.4 is 5.32 Å². The lowest BCUT2D eigenvalue weighted by atomic mass is 10.1. The van der Waals surface area contributed by atoms with Crippen LogP contribution in [0.4, 0.5) is 0 Å². The fraction of sp³-hybridized carbons (Fsp3) is 0.667. The zero-order valence-corrected chi connectivity index (χ0v) is 11.0. The molecule has 3 nitrogen and oxygen atoms in total. The van der Waals surface area contributed by atoms with Gasteiger partial charge in [-0.2, -0.15) is 11.8 Å². The highest BCUT2D eigenvalue weighted by Crippen LogP contribution is 2.19.